The lowest BCUT2D eigenvalue weighted by Gasteiger charge is -2.09. The molecule has 0 atom stereocenters. The van der Waals surface area contributed by atoms with Gasteiger partial charge in [0.25, 0.3) is 0 Å². The number of nitrogens with zero attached hydrogens (tertiary/aromatic N) is 2. The summed E-state index contributed by atoms with van der Waals surface area (Å²) in [6.45, 7) is 0. The van der Waals surface area contributed by atoms with E-state index in [1.165, 1.54) is 24.3 Å². The molecule has 0 saturated carbocycles. The van der Waals surface area contributed by atoms with Crippen LogP contribution in [-0.2, 0) is 17.1 Å². The van der Waals surface area contributed by atoms with Crippen molar-refractivity contribution in [1.82, 2.24) is 9.97 Å². The van der Waals surface area contributed by atoms with Crippen molar-refractivity contribution in [3.05, 3.63) is 82.8 Å². The number of halogens is 7. The number of carbonyl (C=O) groups excluding carboxylic acids is 1. The summed E-state index contributed by atoms with van der Waals surface area (Å²) in [4.78, 5) is 19.2. The van der Waals surface area contributed by atoms with E-state index in [2.05, 4.69) is 15.3 Å². The maximum atomic E-state index is 12.6. The molecule has 1 N–H and O–H groups in total. The molecule has 0 aliphatic rings. The van der Waals surface area contributed by atoms with Crippen LogP contribution in [0.4, 0.5) is 32.0 Å². The van der Waals surface area contributed by atoms with Crippen molar-refractivity contribution in [2.24, 2.45) is 0 Å². The van der Waals surface area contributed by atoms with Gasteiger partial charge in [-0.05, 0) is 42.5 Å². The number of rotatable bonds is 5. The van der Waals surface area contributed by atoms with E-state index in [-0.39, 0.29) is 22.3 Å². The van der Waals surface area contributed by atoms with Gasteiger partial charge < -0.3 is 10.1 Å². The zero-order chi connectivity index (χ0) is 24.2. The quantitative estimate of drug-likeness (QED) is 0.325. The largest absolute Gasteiger partial charge is 0.439 e. The minimum atomic E-state index is -4.59. The highest BCUT2D eigenvalue weighted by atomic mass is 35.5. The lowest BCUT2D eigenvalue weighted by atomic mass is 10.2. The van der Waals surface area contributed by atoms with Crippen LogP contribution in [0.5, 0.6) is 11.6 Å². The summed E-state index contributed by atoms with van der Waals surface area (Å²) >= 11 is 5.77. The summed E-state index contributed by atoms with van der Waals surface area (Å²) in [7, 11) is 0. The van der Waals surface area contributed by atoms with E-state index in [1.54, 1.807) is 0 Å². The second-order valence-electron chi connectivity index (χ2n) is 6.42. The van der Waals surface area contributed by atoms with Gasteiger partial charge in [0, 0.05) is 30.2 Å². The smallest absolute Gasteiger partial charge is 0.417 e. The second kappa shape index (κ2) is 9.49. The average molecular weight is 488 g/mol. The number of amides is 1. The number of nitrogens with one attached hydrogen (secondary N) is 1. The second-order valence-corrected chi connectivity index (χ2v) is 6.83. The maximum absolute atomic E-state index is 12.6. The highest BCUT2D eigenvalue weighted by molar-refractivity contribution is 6.32. The minimum Gasteiger partial charge on any atom is -0.439 e. The van der Waals surface area contributed by atoms with E-state index in [0.29, 0.717) is 24.1 Å². The summed E-state index contributed by atoms with van der Waals surface area (Å²) in [5.41, 5.74) is -1.59. The lowest BCUT2D eigenvalue weighted by Crippen LogP contribution is -2.08. The summed E-state index contributed by atoms with van der Waals surface area (Å²) in [6, 6.07) is 8.45. The molecule has 12 heteroatoms. The Morgan fingerprint density at radius 1 is 0.909 bits per heavy atom. The molecule has 3 rings (SSSR count). The van der Waals surface area contributed by atoms with Gasteiger partial charge in [-0.15, -0.1) is 0 Å². The third-order valence-corrected chi connectivity index (χ3v) is 4.30. The van der Waals surface area contributed by atoms with Crippen molar-refractivity contribution in [3.8, 4) is 11.6 Å². The zero-order valence-corrected chi connectivity index (χ0v) is 17.0. The molecule has 5 nitrogen and oxygen atoms in total. The van der Waals surface area contributed by atoms with E-state index in [4.69, 9.17) is 16.3 Å². The van der Waals surface area contributed by atoms with Crippen LogP contribution in [0.15, 0.2) is 60.9 Å². The third kappa shape index (κ3) is 6.69. The van der Waals surface area contributed by atoms with Crippen LogP contribution < -0.4 is 10.1 Å². The molecule has 0 saturated heterocycles. The molecule has 0 aliphatic heterocycles. The molecule has 2 aromatic heterocycles. The Morgan fingerprint density at radius 3 is 2.09 bits per heavy atom. The van der Waals surface area contributed by atoms with Crippen LogP contribution >= 0.6 is 11.6 Å². The standard InChI is InChI=1S/C21H12ClF6N3O2/c22-16-9-13(21(26,27)28)11-29-17(16)6-7-18(32)31-14-2-4-15(5-3-14)33-19-8-1-12(10-30-19)20(23,24)25/h1-11H,(H,31,32)/b7-6+. The van der Waals surface area contributed by atoms with Crippen molar-refractivity contribution >= 4 is 29.3 Å². The number of hydrogen-bond acceptors (Lipinski definition) is 4. The fourth-order valence-electron chi connectivity index (χ4n) is 2.40. The normalized spacial score (nSPS) is 12.1. The number of benzene rings is 1. The topological polar surface area (TPSA) is 64.1 Å². The summed E-state index contributed by atoms with van der Waals surface area (Å²) in [6.07, 6.45) is -5.65. The monoisotopic (exact) mass is 487 g/mol. The predicted molar refractivity (Wildman–Crippen MR) is 108 cm³/mol. The van der Waals surface area contributed by atoms with Gasteiger partial charge in [-0.2, -0.15) is 26.3 Å². The molecule has 0 fully saturated rings. The van der Waals surface area contributed by atoms with Crippen LogP contribution in [0.3, 0.4) is 0 Å². The van der Waals surface area contributed by atoms with Gasteiger partial charge in [0.05, 0.1) is 21.8 Å². The van der Waals surface area contributed by atoms with Gasteiger partial charge in [-0.25, -0.2) is 4.98 Å². The third-order valence-electron chi connectivity index (χ3n) is 4.00. The first kappa shape index (κ1) is 24.1. The molecular formula is C21H12ClF6N3O2. The van der Waals surface area contributed by atoms with Gasteiger partial charge in [0.2, 0.25) is 11.8 Å². The van der Waals surface area contributed by atoms with E-state index >= 15 is 0 Å². The summed E-state index contributed by atoms with van der Waals surface area (Å²) in [5.74, 6) is -0.397. The molecule has 172 valence electrons. The van der Waals surface area contributed by atoms with E-state index in [0.717, 1.165) is 24.3 Å². The molecule has 3 aromatic rings. The SMILES string of the molecule is O=C(/C=C/c1ncc(C(F)(F)F)cc1Cl)Nc1ccc(Oc2ccc(C(F)(F)F)cn2)cc1. The fraction of sp³-hybridized carbons (Fsp3) is 0.0952. The van der Waals surface area contributed by atoms with Crippen LogP contribution in [0.25, 0.3) is 6.08 Å². The molecule has 1 amide bonds. The number of ether oxygens (including phenoxy) is 1. The molecule has 33 heavy (non-hydrogen) atoms. The molecule has 0 radical (unpaired) electrons. The van der Waals surface area contributed by atoms with Crippen molar-refractivity contribution in [2.45, 2.75) is 12.4 Å². The number of hydrogen-bond donors (Lipinski definition) is 1. The lowest BCUT2D eigenvalue weighted by molar-refractivity contribution is -0.138. The van der Waals surface area contributed by atoms with Crippen LogP contribution in [0.1, 0.15) is 16.8 Å². The molecule has 0 spiro atoms. The highest BCUT2D eigenvalue weighted by Gasteiger charge is 2.31. The average Bonchev–Trinajstić information content (AvgIpc) is 2.73. The van der Waals surface area contributed by atoms with Gasteiger partial charge >= 0.3 is 12.4 Å². The van der Waals surface area contributed by atoms with E-state index in [9.17, 15) is 31.1 Å². The first-order valence-electron chi connectivity index (χ1n) is 8.95. The zero-order valence-electron chi connectivity index (χ0n) is 16.2. The molecular weight excluding hydrogens is 476 g/mol. The first-order chi connectivity index (χ1) is 15.4. The number of carbonyl (C=O) groups is 1. The van der Waals surface area contributed by atoms with Crippen molar-refractivity contribution in [1.29, 1.82) is 0 Å². The molecule has 0 unspecified atom stereocenters. The van der Waals surface area contributed by atoms with Crippen LogP contribution in [0, 0.1) is 0 Å². The Bertz CT molecular complexity index is 1160. The first-order valence-corrected chi connectivity index (χ1v) is 9.32. The maximum Gasteiger partial charge on any atom is 0.417 e. The van der Waals surface area contributed by atoms with Crippen LogP contribution in [-0.4, -0.2) is 15.9 Å². The van der Waals surface area contributed by atoms with Crippen molar-refractivity contribution in [2.75, 3.05) is 5.32 Å². The Balaban J connectivity index is 1.59. The summed E-state index contributed by atoms with van der Waals surface area (Å²) < 4.78 is 80.9. The Hall–Kier alpha value is -3.60. The van der Waals surface area contributed by atoms with E-state index in [1.807, 2.05) is 0 Å². The fourth-order valence-corrected chi connectivity index (χ4v) is 2.63. The van der Waals surface area contributed by atoms with E-state index < -0.39 is 29.4 Å². The molecule has 2 heterocycles. The highest BCUT2D eigenvalue weighted by Crippen LogP contribution is 2.32. The van der Waals surface area contributed by atoms with Crippen LogP contribution in [0.2, 0.25) is 5.02 Å². The van der Waals surface area contributed by atoms with Crippen molar-refractivity contribution in [3.63, 3.8) is 0 Å². The molecule has 0 aliphatic carbocycles. The molecule has 1 aromatic carbocycles. The number of pyridine rings is 2. The van der Waals surface area contributed by atoms with Gasteiger partial charge in [-0.1, -0.05) is 11.6 Å². The Labute approximate surface area is 187 Å². The minimum absolute atomic E-state index is 0.0207. The Kier molecular flexibility index (Phi) is 6.92. The van der Waals surface area contributed by atoms with Gasteiger partial charge in [-0.3, -0.25) is 9.78 Å². The predicted octanol–water partition coefficient (Wildman–Crippen LogP) is 6.61. The Morgan fingerprint density at radius 2 is 1.55 bits per heavy atom. The number of anilines is 1. The number of alkyl halides is 6. The molecule has 0 bridgehead atoms. The number of aromatic nitrogens is 2. The van der Waals surface area contributed by atoms with Gasteiger partial charge in [0.15, 0.2) is 0 Å². The summed E-state index contributed by atoms with van der Waals surface area (Å²) in [5, 5.41) is 2.24. The van der Waals surface area contributed by atoms with Gasteiger partial charge in [0.1, 0.15) is 5.75 Å². The van der Waals surface area contributed by atoms with Crippen molar-refractivity contribution < 1.29 is 35.9 Å².